The average Bonchev–Trinajstić information content (AvgIpc) is 2.92. The van der Waals surface area contributed by atoms with Gasteiger partial charge in [0.05, 0.1) is 11.4 Å². The average molecular weight is 455 g/mol. The van der Waals surface area contributed by atoms with E-state index in [-0.39, 0.29) is 17.4 Å². The first kappa shape index (κ1) is 22.1. The van der Waals surface area contributed by atoms with Gasteiger partial charge in [0.2, 0.25) is 5.91 Å². The van der Waals surface area contributed by atoms with Crippen molar-refractivity contribution >= 4 is 23.7 Å². The fraction of sp³-hybridized carbons (Fsp3) is 0.409. The van der Waals surface area contributed by atoms with E-state index in [0.29, 0.717) is 22.2 Å². The molecule has 9 nitrogen and oxygen atoms in total. The zero-order valence-corrected chi connectivity index (χ0v) is 18.9. The molecule has 3 aliphatic rings. The fourth-order valence-electron chi connectivity index (χ4n) is 3.80. The molecule has 0 aromatic heterocycles. The maximum absolute atomic E-state index is 13.2. The maximum Gasteiger partial charge on any atom is 0.321 e. The first-order valence-electron chi connectivity index (χ1n) is 10.7. The molecule has 0 saturated carbocycles. The monoisotopic (exact) mass is 454 g/mol. The third-order valence-corrected chi connectivity index (χ3v) is 6.15. The number of fused-ring (bicyclic) bond motifs is 3. The molecule has 0 radical (unpaired) electrons. The largest absolute Gasteiger partial charge is 0.336 e. The molecule has 4 rings (SSSR count). The minimum atomic E-state index is -0.516. The van der Waals surface area contributed by atoms with Crippen molar-refractivity contribution < 1.29 is 9.59 Å². The molecule has 0 spiro atoms. The van der Waals surface area contributed by atoms with Gasteiger partial charge in [-0.25, -0.2) is 9.78 Å². The number of rotatable bonds is 5. The van der Waals surface area contributed by atoms with Crippen LogP contribution in [0.3, 0.4) is 0 Å². The van der Waals surface area contributed by atoms with E-state index < -0.39 is 11.9 Å². The second kappa shape index (κ2) is 9.56. The summed E-state index contributed by atoms with van der Waals surface area (Å²) in [6, 6.07) is 8.70. The number of carbonyl (C=O) groups is 2. The Labute approximate surface area is 189 Å². The number of nitrogens with one attached hydrogen (secondary N) is 2. The lowest BCUT2D eigenvalue weighted by Crippen LogP contribution is -2.43. The Morgan fingerprint density at radius 2 is 1.94 bits per heavy atom. The molecule has 0 aliphatic carbocycles. The number of para-hydroxylation sites is 1. The van der Waals surface area contributed by atoms with Gasteiger partial charge in [-0.3, -0.25) is 14.9 Å². The molecule has 3 amide bonds. The number of urea groups is 1. The summed E-state index contributed by atoms with van der Waals surface area (Å²) in [5, 5.41) is 10.1. The molecule has 0 atom stereocenters. The Balaban J connectivity index is 1.67. The van der Waals surface area contributed by atoms with Gasteiger partial charge in [-0.15, -0.1) is 5.10 Å². The van der Waals surface area contributed by atoms with Gasteiger partial charge in [-0.2, -0.15) is 4.68 Å². The van der Waals surface area contributed by atoms with Crippen LogP contribution in [0.15, 0.2) is 40.3 Å². The van der Waals surface area contributed by atoms with E-state index in [1.165, 1.54) is 16.4 Å². The van der Waals surface area contributed by atoms with Gasteiger partial charge in [0.15, 0.2) is 11.0 Å². The van der Waals surface area contributed by atoms with E-state index in [0.717, 1.165) is 37.9 Å². The van der Waals surface area contributed by atoms with E-state index in [9.17, 15) is 14.4 Å². The third kappa shape index (κ3) is 4.69. The van der Waals surface area contributed by atoms with Crippen LogP contribution in [0.2, 0.25) is 0 Å². The first-order valence-corrected chi connectivity index (χ1v) is 11.7. The molecule has 0 unspecified atom stereocenters. The van der Waals surface area contributed by atoms with Crippen LogP contribution < -0.4 is 16.2 Å². The lowest BCUT2D eigenvalue weighted by Gasteiger charge is -2.17. The Morgan fingerprint density at radius 1 is 1.16 bits per heavy atom. The van der Waals surface area contributed by atoms with Crippen LogP contribution in [0.5, 0.6) is 0 Å². The highest BCUT2D eigenvalue weighted by Gasteiger charge is 2.27. The molecular weight excluding hydrogens is 428 g/mol. The van der Waals surface area contributed by atoms with Gasteiger partial charge in [0.25, 0.3) is 5.56 Å². The minimum Gasteiger partial charge on any atom is -0.336 e. The van der Waals surface area contributed by atoms with Crippen molar-refractivity contribution in [2.24, 2.45) is 0 Å². The van der Waals surface area contributed by atoms with Crippen molar-refractivity contribution in [1.29, 1.82) is 0 Å². The van der Waals surface area contributed by atoms with Gasteiger partial charge >= 0.3 is 6.03 Å². The van der Waals surface area contributed by atoms with Crippen molar-refractivity contribution in [2.45, 2.75) is 57.3 Å². The summed E-state index contributed by atoms with van der Waals surface area (Å²) in [5.41, 5.74) is 1.97. The van der Waals surface area contributed by atoms with E-state index >= 15 is 0 Å². The summed E-state index contributed by atoms with van der Waals surface area (Å²) in [6.07, 6.45) is 3.77. The number of hydrogen-bond acceptors (Lipinski definition) is 6. The first-order chi connectivity index (χ1) is 15.4. The summed E-state index contributed by atoms with van der Waals surface area (Å²) in [6.45, 7) is 4.37. The standard InChI is InChI=1S/C22H26N6O3S/c1-14(2)23-21(31)24-17(29)13-32-22-25-19-18(16-11-7-4-8-12-27(16)22)20(30)28(26-19)15-9-5-3-6-10-15/h3,5-6,9-10,14H,4,7-8,11-13H2,1-2H3,(H2,23,24,29,31). The van der Waals surface area contributed by atoms with Crippen molar-refractivity contribution in [3.63, 3.8) is 0 Å². The molecule has 10 heteroatoms. The van der Waals surface area contributed by atoms with Gasteiger partial charge in [-0.1, -0.05) is 36.4 Å². The van der Waals surface area contributed by atoms with Crippen molar-refractivity contribution in [2.75, 3.05) is 5.75 Å². The summed E-state index contributed by atoms with van der Waals surface area (Å²) in [7, 11) is 0. The van der Waals surface area contributed by atoms with Crippen LogP contribution in [-0.2, 0) is 17.8 Å². The molecule has 1 aromatic carbocycles. The normalized spacial score (nSPS) is 13.6. The summed E-state index contributed by atoms with van der Waals surface area (Å²) < 4.78 is 3.43. The number of hydrogen-bond donors (Lipinski definition) is 2. The van der Waals surface area contributed by atoms with E-state index in [1.54, 1.807) is 0 Å². The van der Waals surface area contributed by atoms with Gasteiger partial charge in [0, 0.05) is 18.3 Å². The molecule has 3 heterocycles. The van der Waals surface area contributed by atoms with Gasteiger partial charge in [0.1, 0.15) is 5.56 Å². The van der Waals surface area contributed by atoms with Crippen LogP contribution >= 0.6 is 11.8 Å². The summed E-state index contributed by atoms with van der Waals surface area (Å²) in [4.78, 5) is 41.9. The molecular formula is C22H26N6O3S. The predicted octanol–water partition coefficient (Wildman–Crippen LogP) is 2.59. The Bertz CT molecular complexity index is 1150. The van der Waals surface area contributed by atoms with Crippen LogP contribution in [-0.4, -0.2) is 43.1 Å². The number of amides is 3. The zero-order chi connectivity index (χ0) is 22.7. The predicted molar refractivity (Wildman–Crippen MR) is 122 cm³/mol. The molecule has 168 valence electrons. The smallest absolute Gasteiger partial charge is 0.321 e. The second-order valence-corrected chi connectivity index (χ2v) is 8.96. The maximum atomic E-state index is 13.2. The minimum absolute atomic E-state index is 0.0348. The highest BCUT2D eigenvalue weighted by molar-refractivity contribution is 7.99. The molecule has 0 saturated heterocycles. The second-order valence-electron chi connectivity index (χ2n) is 8.02. The lowest BCUT2D eigenvalue weighted by atomic mass is 10.1. The molecule has 3 aliphatic heterocycles. The summed E-state index contributed by atoms with van der Waals surface area (Å²) in [5.74, 6) is 0.0115. The molecule has 0 fully saturated rings. The number of imide groups is 1. The van der Waals surface area contributed by atoms with E-state index in [1.807, 2.05) is 48.7 Å². The molecule has 2 N–H and O–H groups in total. The quantitative estimate of drug-likeness (QED) is 0.453. The Kier molecular flexibility index (Phi) is 6.59. The highest BCUT2D eigenvalue weighted by Crippen LogP contribution is 2.30. The van der Waals surface area contributed by atoms with Crippen molar-refractivity contribution in [3.8, 4) is 17.1 Å². The van der Waals surface area contributed by atoms with Crippen LogP contribution in [0.25, 0.3) is 17.1 Å². The third-order valence-electron chi connectivity index (χ3n) is 5.17. The van der Waals surface area contributed by atoms with E-state index in [4.69, 9.17) is 0 Å². The Morgan fingerprint density at radius 3 is 2.69 bits per heavy atom. The van der Waals surface area contributed by atoms with Crippen LogP contribution in [0, 0.1) is 0 Å². The van der Waals surface area contributed by atoms with Gasteiger partial charge < -0.3 is 9.88 Å². The van der Waals surface area contributed by atoms with Gasteiger partial charge in [-0.05, 0) is 45.2 Å². The number of carbonyl (C=O) groups excluding carboxylic acids is 2. The molecule has 32 heavy (non-hydrogen) atoms. The number of benzene rings is 1. The number of aromatic nitrogens is 4. The molecule has 1 aromatic rings. The highest BCUT2D eigenvalue weighted by atomic mass is 32.2. The lowest BCUT2D eigenvalue weighted by molar-refractivity contribution is -0.117. The number of thioether (sulfide) groups is 1. The van der Waals surface area contributed by atoms with Crippen LogP contribution in [0.4, 0.5) is 4.79 Å². The van der Waals surface area contributed by atoms with E-state index in [2.05, 4.69) is 20.7 Å². The zero-order valence-electron chi connectivity index (χ0n) is 18.1. The molecule has 0 bridgehead atoms. The SMILES string of the molecule is CC(C)NC(=O)NC(=O)CSc1nc2nn(-c3ccccc3)c(=O)c-2c2n1CCCCC2. The Hall–Kier alpha value is -3.14. The topological polar surface area (TPSA) is 111 Å². The van der Waals surface area contributed by atoms with Crippen molar-refractivity contribution in [1.82, 2.24) is 30.0 Å². The van der Waals surface area contributed by atoms with Crippen LogP contribution in [0.1, 0.15) is 38.8 Å². The fourth-order valence-corrected chi connectivity index (χ4v) is 4.64. The summed E-state index contributed by atoms with van der Waals surface area (Å²) >= 11 is 1.25. The number of nitrogens with zero attached hydrogens (tertiary/aromatic N) is 4. The van der Waals surface area contributed by atoms with Crippen molar-refractivity contribution in [3.05, 3.63) is 46.4 Å².